The Kier molecular flexibility index (Phi) is 5.31. The first-order valence-corrected chi connectivity index (χ1v) is 6.70. The molecule has 0 fully saturated rings. The number of esters is 1. The van der Waals surface area contributed by atoms with Crippen molar-refractivity contribution in [2.24, 2.45) is 0 Å². The number of benzene rings is 2. The molecule has 0 heterocycles. The Morgan fingerprint density at radius 1 is 1.21 bits per heavy atom. The van der Waals surface area contributed by atoms with Crippen LogP contribution in [0.15, 0.2) is 42.5 Å². The Hall–Kier alpha value is -3.60. The number of hydrogen-bond donors (Lipinski definition) is 0. The van der Waals surface area contributed by atoms with Crippen molar-refractivity contribution >= 4 is 11.7 Å². The molecule has 0 N–H and O–H groups in total. The number of hydrogen-bond acceptors (Lipinski definition) is 7. The van der Waals surface area contributed by atoms with Crippen LogP contribution in [0.4, 0.5) is 5.69 Å². The topological polar surface area (TPSA) is 112 Å². The van der Waals surface area contributed by atoms with Gasteiger partial charge in [-0.25, -0.2) is 4.79 Å². The molecule has 24 heavy (non-hydrogen) atoms. The van der Waals surface area contributed by atoms with Gasteiger partial charge in [-0.3, -0.25) is 10.1 Å². The highest BCUT2D eigenvalue weighted by Gasteiger charge is 2.16. The molecule has 0 amide bonds. The Morgan fingerprint density at radius 3 is 2.62 bits per heavy atom. The van der Waals surface area contributed by atoms with E-state index in [1.54, 1.807) is 24.3 Å². The minimum atomic E-state index is -0.790. The van der Waals surface area contributed by atoms with E-state index in [1.165, 1.54) is 19.2 Å². The maximum atomic E-state index is 11.9. The van der Waals surface area contributed by atoms with Crippen LogP contribution in [0.25, 0.3) is 0 Å². The zero-order chi connectivity index (χ0) is 17.5. The summed E-state index contributed by atoms with van der Waals surface area (Å²) < 4.78 is 15.3. The summed E-state index contributed by atoms with van der Waals surface area (Å²) in [4.78, 5) is 22.1. The molecule has 0 atom stereocenters. The average Bonchev–Trinajstić information content (AvgIpc) is 2.60. The van der Waals surface area contributed by atoms with Gasteiger partial charge in [0.25, 0.3) is 5.69 Å². The van der Waals surface area contributed by atoms with Gasteiger partial charge in [-0.05, 0) is 18.2 Å². The molecule has 2 aromatic carbocycles. The van der Waals surface area contributed by atoms with Gasteiger partial charge in [0.05, 0.1) is 23.7 Å². The fourth-order valence-electron chi connectivity index (χ4n) is 1.83. The maximum absolute atomic E-state index is 11.9. The van der Waals surface area contributed by atoms with Crippen LogP contribution < -0.4 is 14.2 Å². The first kappa shape index (κ1) is 16.8. The molecular formula is C16H12N2O6. The lowest BCUT2D eigenvalue weighted by Crippen LogP contribution is -2.18. The van der Waals surface area contributed by atoms with Crippen LogP contribution in [0.1, 0.15) is 5.56 Å². The second-order valence-corrected chi connectivity index (χ2v) is 4.46. The van der Waals surface area contributed by atoms with Crippen molar-refractivity contribution in [1.82, 2.24) is 0 Å². The third-order valence-corrected chi connectivity index (χ3v) is 2.93. The summed E-state index contributed by atoms with van der Waals surface area (Å²) in [7, 11) is 1.35. The summed E-state index contributed by atoms with van der Waals surface area (Å²) in [5.41, 5.74) is 0.0348. The SMILES string of the molecule is COc1ccc([N+](=O)[O-])cc1OC(=O)COc1ccccc1C#N. The van der Waals surface area contributed by atoms with Gasteiger partial charge in [0.15, 0.2) is 18.1 Å². The van der Waals surface area contributed by atoms with E-state index in [2.05, 4.69) is 0 Å². The summed E-state index contributed by atoms with van der Waals surface area (Å²) >= 11 is 0. The van der Waals surface area contributed by atoms with Crippen LogP contribution >= 0.6 is 0 Å². The lowest BCUT2D eigenvalue weighted by molar-refractivity contribution is -0.384. The van der Waals surface area contributed by atoms with Gasteiger partial charge in [-0.15, -0.1) is 0 Å². The van der Waals surface area contributed by atoms with Gasteiger partial charge in [0.2, 0.25) is 0 Å². The zero-order valence-electron chi connectivity index (χ0n) is 12.6. The summed E-state index contributed by atoms with van der Waals surface area (Å²) in [5.74, 6) is -0.468. The number of rotatable bonds is 6. The van der Waals surface area contributed by atoms with E-state index < -0.39 is 17.5 Å². The number of methoxy groups -OCH3 is 1. The molecule has 2 rings (SSSR count). The number of para-hydroxylation sites is 1. The van der Waals surface area contributed by atoms with Crippen molar-refractivity contribution in [3.8, 4) is 23.3 Å². The predicted octanol–water partition coefficient (Wildman–Crippen LogP) is 2.46. The minimum Gasteiger partial charge on any atom is -0.493 e. The van der Waals surface area contributed by atoms with E-state index in [9.17, 15) is 14.9 Å². The number of nitro benzene ring substituents is 1. The van der Waals surface area contributed by atoms with Crippen LogP contribution in [0.2, 0.25) is 0 Å². The Labute approximate surface area is 136 Å². The molecule has 0 unspecified atom stereocenters. The number of ether oxygens (including phenoxy) is 3. The molecule has 0 saturated carbocycles. The molecule has 0 radical (unpaired) electrons. The fraction of sp³-hybridized carbons (Fsp3) is 0.125. The lowest BCUT2D eigenvalue weighted by atomic mass is 10.2. The van der Waals surface area contributed by atoms with Crippen molar-refractivity contribution < 1.29 is 23.9 Å². The minimum absolute atomic E-state index is 0.0890. The van der Waals surface area contributed by atoms with E-state index >= 15 is 0 Å². The third kappa shape index (κ3) is 3.98. The van der Waals surface area contributed by atoms with Crippen LogP contribution in [0, 0.1) is 21.4 Å². The second-order valence-electron chi connectivity index (χ2n) is 4.46. The zero-order valence-corrected chi connectivity index (χ0v) is 12.6. The lowest BCUT2D eigenvalue weighted by Gasteiger charge is -2.10. The summed E-state index contributed by atoms with van der Waals surface area (Å²) in [5, 5.41) is 19.7. The van der Waals surface area contributed by atoms with E-state index in [1.807, 2.05) is 6.07 Å². The molecule has 0 saturated heterocycles. The molecule has 0 aromatic heterocycles. The Balaban J connectivity index is 2.08. The normalized spacial score (nSPS) is 9.67. The summed E-state index contributed by atoms with van der Waals surface area (Å²) in [6.45, 7) is -0.468. The van der Waals surface area contributed by atoms with Crippen LogP contribution in [0.5, 0.6) is 17.2 Å². The molecule has 0 spiro atoms. The first-order valence-electron chi connectivity index (χ1n) is 6.70. The molecule has 122 valence electrons. The molecule has 2 aromatic rings. The van der Waals surface area contributed by atoms with Gasteiger partial charge < -0.3 is 14.2 Å². The van der Waals surface area contributed by atoms with Crippen molar-refractivity contribution in [3.63, 3.8) is 0 Å². The Bertz CT molecular complexity index is 812. The van der Waals surface area contributed by atoms with Crippen LogP contribution in [-0.2, 0) is 4.79 Å². The van der Waals surface area contributed by atoms with E-state index in [0.29, 0.717) is 0 Å². The second kappa shape index (κ2) is 7.60. The quantitative estimate of drug-likeness (QED) is 0.346. The standard InChI is InChI=1S/C16H12N2O6/c1-22-14-7-6-12(18(20)21)8-15(14)24-16(19)10-23-13-5-3-2-4-11(13)9-17/h2-8H,10H2,1H3. The molecule has 0 aliphatic heterocycles. The van der Waals surface area contributed by atoms with Gasteiger partial charge in [0.1, 0.15) is 11.8 Å². The van der Waals surface area contributed by atoms with E-state index in [4.69, 9.17) is 19.5 Å². The Morgan fingerprint density at radius 2 is 1.96 bits per heavy atom. The molecule has 8 heteroatoms. The number of carbonyl (C=O) groups excluding carboxylic acids is 1. The predicted molar refractivity (Wildman–Crippen MR) is 81.9 cm³/mol. The monoisotopic (exact) mass is 328 g/mol. The number of nitrogens with zero attached hydrogens (tertiary/aromatic N) is 2. The fourth-order valence-corrected chi connectivity index (χ4v) is 1.83. The average molecular weight is 328 g/mol. The maximum Gasteiger partial charge on any atom is 0.349 e. The number of carbonyl (C=O) groups is 1. The van der Waals surface area contributed by atoms with Crippen LogP contribution in [-0.4, -0.2) is 24.6 Å². The molecule has 0 bridgehead atoms. The molecule has 0 aliphatic rings. The van der Waals surface area contributed by atoms with E-state index in [0.717, 1.165) is 6.07 Å². The molecule has 0 aliphatic carbocycles. The summed E-state index contributed by atoms with van der Waals surface area (Å²) in [6, 6.07) is 12.0. The van der Waals surface area contributed by atoms with Gasteiger partial charge in [0, 0.05) is 6.07 Å². The van der Waals surface area contributed by atoms with Gasteiger partial charge in [-0.2, -0.15) is 5.26 Å². The van der Waals surface area contributed by atoms with Crippen molar-refractivity contribution in [2.45, 2.75) is 0 Å². The van der Waals surface area contributed by atoms with Gasteiger partial charge >= 0.3 is 5.97 Å². The third-order valence-electron chi connectivity index (χ3n) is 2.93. The summed E-state index contributed by atoms with van der Waals surface area (Å²) in [6.07, 6.45) is 0. The number of nitriles is 1. The number of nitro groups is 1. The highest BCUT2D eigenvalue weighted by molar-refractivity contribution is 5.75. The van der Waals surface area contributed by atoms with E-state index in [-0.39, 0.29) is 28.5 Å². The molecular weight excluding hydrogens is 316 g/mol. The van der Waals surface area contributed by atoms with Crippen molar-refractivity contribution in [3.05, 3.63) is 58.1 Å². The van der Waals surface area contributed by atoms with Crippen molar-refractivity contribution in [2.75, 3.05) is 13.7 Å². The highest BCUT2D eigenvalue weighted by atomic mass is 16.6. The smallest absolute Gasteiger partial charge is 0.349 e. The highest BCUT2D eigenvalue weighted by Crippen LogP contribution is 2.31. The van der Waals surface area contributed by atoms with Crippen LogP contribution in [0.3, 0.4) is 0 Å². The first-order chi connectivity index (χ1) is 11.5. The number of non-ortho nitro benzene ring substituents is 1. The largest absolute Gasteiger partial charge is 0.493 e. The molecule has 8 nitrogen and oxygen atoms in total. The van der Waals surface area contributed by atoms with Gasteiger partial charge in [-0.1, -0.05) is 12.1 Å². The van der Waals surface area contributed by atoms with Crippen molar-refractivity contribution in [1.29, 1.82) is 5.26 Å².